The maximum Gasteiger partial charge on any atom is 0.254 e. The Labute approximate surface area is 143 Å². The van der Waals surface area contributed by atoms with Crippen molar-refractivity contribution in [3.05, 3.63) is 58.9 Å². The van der Waals surface area contributed by atoms with E-state index in [4.69, 9.17) is 5.73 Å². The lowest BCUT2D eigenvalue weighted by Gasteiger charge is -2.37. The number of rotatable bonds is 3. The number of hydrogen-bond acceptors (Lipinski definition) is 4. The van der Waals surface area contributed by atoms with E-state index in [-0.39, 0.29) is 5.91 Å². The summed E-state index contributed by atoms with van der Waals surface area (Å²) in [6, 6.07) is 9.95. The monoisotopic (exact) mass is 324 g/mol. The van der Waals surface area contributed by atoms with Gasteiger partial charge in [0.05, 0.1) is 5.69 Å². The molecule has 2 N–H and O–H groups in total. The second-order valence-electron chi connectivity index (χ2n) is 6.24. The van der Waals surface area contributed by atoms with Crippen molar-refractivity contribution < 1.29 is 4.79 Å². The second kappa shape index (κ2) is 7.01. The molecule has 0 saturated carbocycles. The first-order valence-corrected chi connectivity index (χ1v) is 8.35. The molecule has 2 heterocycles. The highest BCUT2D eigenvalue weighted by molar-refractivity contribution is 5.94. The molecule has 0 bridgehead atoms. The number of aryl methyl sites for hydroxylation is 1. The first kappa shape index (κ1) is 16.5. The number of anilines is 1. The van der Waals surface area contributed by atoms with Gasteiger partial charge in [-0.3, -0.25) is 9.78 Å². The zero-order valence-corrected chi connectivity index (χ0v) is 14.3. The van der Waals surface area contributed by atoms with E-state index in [1.165, 1.54) is 16.8 Å². The topological polar surface area (TPSA) is 62.5 Å². The van der Waals surface area contributed by atoms with E-state index >= 15 is 0 Å². The Morgan fingerprint density at radius 1 is 1.17 bits per heavy atom. The molecule has 1 saturated heterocycles. The minimum atomic E-state index is 0.0627. The van der Waals surface area contributed by atoms with Crippen LogP contribution in [0.5, 0.6) is 0 Å². The van der Waals surface area contributed by atoms with Gasteiger partial charge in [-0.15, -0.1) is 0 Å². The summed E-state index contributed by atoms with van der Waals surface area (Å²) in [5, 5.41) is 0. The van der Waals surface area contributed by atoms with Crippen LogP contribution >= 0.6 is 0 Å². The Kier molecular flexibility index (Phi) is 4.81. The molecule has 24 heavy (non-hydrogen) atoms. The molecular weight excluding hydrogens is 300 g/mol. The molecule has 0 aliphatic carbocycles. The van der Waals surface area contributed by atoms with E-state index in [0.717, 1.165) is 31.9 Å². The van der Waals surface area contributed by atoms with Crippen molar-refractivity contribution in [1.82, 2.24) is 9.88 Å². The first-order valence-electron chi connectivity index (χ1n) is 8.35. The summed E-state index contributed by atoms with van der Waals surface area (Å²) in [5.41, 5.74) is 10.9. The fourth-order valence-corrected chi connectivity index (χ4v) is 3.13. The zero-order chi connectivity index (χ0) is 17.1. The lowest BCUT2D eigenvalue weighted by molar-refractivity contribution is 0.0746. The van der Waals surface area contributed by atoms with Crippen molar-refractivity contribution in [2.24, 2.45) is 5.73 Å². The third kappa shape index (κ3) is 3.26. The number of benzene rings is 1. The summed E-state index contributed by atoms with van der Waals surface area (Å²) >= 11 is 0. The van der Waals surface area contributed by atoms with Crippen LogP contribution in [0.3, 0.4) is 0 Å². The first-order chi connectivity index (χ1) is 11.6. The summed E-state index contributed by atoms with van der Waals surface area (Å²) in [5.74, 6) is 0.0627. The predicted octanol–water partition coefficient (Wildman–Crippen LogP) is 2.12. The van der Waals surface area contributed by atoms with Gasteiger partial charge in [-0.25, -0.2) is 0 Å². The summed E-state index contributed by atoms with van der Waals surface area (Å²) < 4.78 is 0. The summed E-state index contributed by atoms with van der Waals surface area (Å²) in [4.78, 5) is 21.1. The van der Waals surface area contributed by atoms with E-state index in [0.29, 0.717) is 12.1 Å². The number of pyridine rings is 1. The van der Waals surface area contributed by atoms with Crippen molar-refractivity contribution in [3.8, 4) is 0 Å². The minimum absolute atomic E-state index is 0.0627. The number of carbonyl (C=O) groups excluding carboxylic acids is 1. The van der Waals surface area contributed by atoms with Crippen LogP contribution in [0, 0.1) is 13.8 Å². The molecule has 0 unspecified atom stereocenters. The molecule has 1 aliphatic heterocycles. The quantitative estimate of drug-likeness (QED) is 0.939. The van der Waals surface area contributed by atoms with Crippen LogP contribution in [0.2, 0.25) is 0 Å². The average Bonchev–Trinajstić information content (AvgIpc) is 2.63. The predicted molar refractivity (Wildman–Crippen MR) is 96.2 cm³/mol. The Morgan fingerprint density at radius 2 is 1.92 bits per heavy atom. The van der Waals surface area contributed by atoms with Gasteiger partial charge in [0.1, 0.15) is 0 Å². The number of amides is 1. The van der Waals surface area contributed by atoms with E-state index < -0.39 is 0 Å². The normalized spacial score (nSPS) is 14.8. The highest BCUT2D eigenvalue weighted by Crippen LogP contribution is 2.24. The van der Waals surface area contributed by atoms with Crippen molar-refractivity contribution in [2.75, 3.05) is 31.1 Å². The second-order valence-corrected chi connectivity index (χ2v) is 6.24. The van der Waals surface area contributed by atoms with Crippen LogP contribution in [0.25, 0.3) is 0 Å². The van der Waals surface area contributed by atoms with Crippen LogP contribution in [0.15, 0.2) is 36.5 Å². The molecule has 1 aromatic carbocycles. The molecule has 126 valence electrons. The summed E-state index contributed by atoms with van der Waals surface area (Å²) in [7, 11) is 0. The molecular formula is C19H24N4O. The Morgan fingerprint density at radius 3 is 2.62 bits per heavy atom. The maximum atomic E-state index is 12.7. The van der Waals surface area contributed by atoms with E-state index in [9.17, 15) is 4.79 Å². The highest BCUT2D eigenvalue weighted by atomic mass is 16.2. The molecule has 5 nitrogen and oxygen atoms in total. The average molecular weight is 324 g/mol. The lowest BCUT2D eigenvalue weighted by Crippen LogP contribution is -2.49. The molecule has 1 fully saturated rings. The van der Waals surface area contributed by atoms with Crippen molar-refractivity contribution in [2.45, 2.75) is 20.4 Å². The Bertz CT molecular complexity index is 736. The molecule has 2 aromatic rings. The fraction of sp³-hybridized carbons (Fsp3) is 0.368. The van der Waals surface area contributed by atoms with Crippen molar-refractivity contribution in [1.29, 1.82) is 0 Å². The van der Waals surface area contributed by atoms with Crippen LogP contribution in [0.1, 0.15) is 27.2 Å². The van der Waals surface area contributed by atoms with Gasteiger partial charge in [0.25, 0.3) is 5.91 Å². The van der Waals surface area contributed by atoms with Gasteiger partial charge >= 0.3 is 0 Å². The van der Waals surface area contributed by atoms with Crippen LogP contribution in [-0.4, -0.2) is 42.0 Å². The van der Waals surface area contributed by atoms with Crippen LogP contribution in [0.4, 0.5) is 5.69 Å². The Balaban J connectivity index is 1.68. The van der Waals surface area contributed by atoms with Crippen LogP contribution in [-0.2, 0) is 6.54 Å². The Hall–Kier alpha value is -2.40. The fourth-order valence-electron chi connectivity index (χ4n) is 3.13. The van der Waals surface area contributed by atoms with E-state index in [1.807, 2.05) is 4.90 Å². The van der Waals surface area contributed by atoms with Gasteiger partial charge in [0, 0.05) is 50.2 Å². The van der Waals surface area contributed by atoms with Gasteiger partial charge in [0.2, 0.25) is 0 Å². The molecule has 1 aliphatic rings. The zero-order valence-electron chi connectivity index (χ0n) is 14.3. The van der Waals surface area contributed by atoms with Gasteiger partial charge < -0.3 is 15.5 Å². The number of piperazine rings is 1. The van der Waals surface area contributed by atoms with E-state index in [2.05, 4.69) is 41.9 Å². The number of aromatic nitrogens is 1. The molecule has 0 spiro atoms. The summed E-state index contributed by atoms with van der Waals surface area (Å²) in [6.45, 7) is 7.81. The van der Waals surface area contributed by atoms with Gasteiger partial charge in [-0.05, 0) is 43.2 Å². The van der Waals surface area contributed by atoms with Crippen LogP contribution < -0.4 is 10.6 Å². The van der Waals surface area contributed by atoms with Gasteiger partial charge in [0.15, 0.2) is 0 Å². The number of nitrogens with two attached hydrogens (primary N) is 1. The van der Waals surface area contributed by atoms with E-state index in [1.54, 1.807) is 18.3 Å². The molecule has 5 heteroatoms. The minimum Gasteiger partial charge on any atom is -0.368 e. The van der Waals surface area contributed by atoms with Gasteiger partial charge in [-0.2, -0.15) is 0 Å². The smallest absolute Gasteiger partial charge is 0.254 e. The molecule has 0 atom stereocenters. The molecule has 1 aromatic heterocycles. The molecule has 1 amide bonds. The van der Waals surface area contributed by atoms with Crippen molar-refractivity contribution in [3.63, 3.8) is 0 Å². The number of nitrogens with zero attached hydrogens (tertiary/aromatic N) is 3. The van der Waals surface area contributed by atoms with Gasteiger partial charge in [-0.1, -0.05) is 12.1 Å². The molecule has 3 rings (SSSR count). The largest absolute Gasteiger partial charge is 0.368 e. The molecule has 0 radical (unpaired) electrons. The third-order valence-electron chi connectivity index (χ3n) is 4.76. The lowest BCUT2D eigenvalue weighted by atomic mass is 10.1. The van der Waals surface area contributed by atoms with Crippen molar-refractivity contribution >= 4 is 11.6 Å². The standard InChI is InChI=1S/C19H24N4O/c1-14-4-3-5-18(15(14)2)22-8-10-23(11-9-22)19(24)16-6-7-21-17(12-16)13-20/h3-7,12H,8-11,13,20H2,1-2H3. The maximum absolute atomic E-state index is 12.7. The SMILES string of the molecule is Cc1cccc(N2CCN(C(=O)c3ccnc(CN)c3)CC2)c1C. The summed E-state index contributed by atoms with van der Waals surface area (Å²) in [6.07, 6.45) is 1.65. The highest BCUT2D eigenvalue weighted by Gasteiger charge is 2.23. The number of hydrogen-bond donors (Lipinski definition) is 1. The number of carbonyl (C=O) groups is 1. The third-order valence-corrected chi connectivity index (χ3v) is 4.76.